The zero-order chi connectivity index (χ0) is 6.10. The van der Waals surface area contributed by atoms with E-state index in [1.54, 1.807) is 0 Å². The number of nitrogens with one attached hydrogen (secondary N) is 2. The summed E-state index contributed by atoms with van der Waals surface area (Å²) in [4.78, 5) is 0. The Morgan fingerprint density at radius 1 is 0.818 bits per heavy atom. The quantitative estimate of drug-likeness (QED) is 0.606. The summed E-state index contributed by atoms with van der Waals surface area (Å²) in [5.41, 5.74) is 0. The minimum atomic E-state index is 0. The molecule has 0 spiro atoms. The fourth-order valence-corrected chi connectivity index (χ4v) is 1.96. The summed E-state index contributed by atoms with van der Waals surface area (Å²) in [5.74, 6) is 0. The van der Waals surface area contributed by atoms with Crippen molar-refractivity contribution in [1.29, 1.82) is 0 Å². The second-order valence-corrected chi connectivity index (χ2v) is 3.05. The zero-order valence-corrected chi connectivity index (χ0v) is 8.14. The van der Waals surface area contributed by atoms with Crippen LogP contribution in [0.2, 0.25) is 0 Å². The summed E-state index contributed by atoms with van der Waals surface area (Å²) in [6, 6.07) is 1.61. The SMILES string of the molecule is C1C[C@H]2NCCN[C@@H]2C1.Cl.Cl. The van der Waals surface area contributed by atoms with Gasteiger partial charge in [-0.2, -0.15) is 0 Å². The largest absolute Gasteiger partial charge is 0.311 e. The smallest absolute Gasteiger partial charge is 0.0221 e. The second-order valence-electron chi connectivity index (χ2n) is 3.05. The summed E-state index contributed by atoms with van der Waals surface area (Å²) < 4.78 is 0. The fraction of sp³-hybridized carbons (Fsp3) is 1.00. The second kappa shape index (κ2) is 5.20. The normalized spacial score (nSPS) is 34.9. The van der Waals surface area contributed by atoms with Gasteiger partial charge in [0.05, 0.1) is 0 Å². The first-order valence-electron chi connectivity index (χ1n) is 3.93. The molecule has 0 bridgehead atoms. The molecule has 0 aromatic carbocycles. The Hall–Kier alpha value is 0.500. The highest BCUT2D eigenvalue weighted by Gasteiger charge is 2.28. The molecule has 0 aromatic heterocycles. The molecule has 0 unspecified atom stereocenters. The van der Waals surface area contributed by atoms with Crippen LogP contribution in [0.5, 0.6) is 0 Å². The van der Waals surface area contributed by atoms with Crippen LogP contribution in [0.3, 0.4) is 0 Å². The Bertz CT molecular complexity index is 98.6. The van der Waals surface area contributed by atoms with E-state index in [0.717, 1.165) is 12.1 Å². The molecule has 11 heavy (non-hydrogen) atoms. The van der Waals surface area contributed by atoms with Gasteiger partial charge >= 0.3 is 0 Å². The standard InChI is InChI=1S/C7H14N2.2ClH/c1-2-6-7(3-1)9-5-4-8-6;;/h6-9H,1-5H2;2*1H/t6-,7-;;/m1../s1. The number of fused-ring (bicyclic) bond motifs is 1. The van der Waals surface area contributed by atoms with E-state index >= 15 is 0 Å². The van der Waals surface area contributed by atoms with Crippen LogP contribution >= 0.6 is 24.8 Å². The number of hydrogen-bond acceptors (Lipinski definition) is 2. The van der Waals surface area contributed by atoms with Crippen molar-refractivity contribution in [2.24, 2.45) is 0 Å². The molecule has 1 aliphatic carbocycles. The van der Waals surface area contributed by atoms with Crippen LogP contribution < -0.4 is 10.6 Å². The highest BCUT2D eigenvalue weighted by molar-refractivity contribution is 5.85. The first-order valence-corrected chi connectivity index (χ1v) is 3.93. The minimum absolute atomic E-state index is 0. The molecule has 1 saturated heterocycles. The zero-order valence-electron chi connectivity index (χ0n) is 6.51. The van der Waals surface area contributed by atoms with Crippen LogP contribution in [0.25, 0.3) is 0 Å². The van der Waals surface area contributed by atoms with E-state index in [1.807, 2.05) is 0 Å². The molecule has 1 saturated carbocycles. The molecule has 2 aliphatic rings. The van der Waals surface area contributed by atoms with Crippen molar-refractivity contribution in [3.8, 4) is 0 Å². The Labute approximate surface area is 80.3 Å². The van der Waals surface area contributed by atoms with Crippen molar-refractivity contribution in [3.05, 3.63) is 0 Å². The minimum Gasteiger partial charge on any atom is -0.311 e. The van der Waals surface area contributed by atoms with Gasteiger partial charge in [-0.05, 0) is 12.8 Å². The van der Waals surface area contributed by atoms with Crippen molar-refractivity contribution >= 4 is 24.8 Å². The Balaban J connectivity index is 0.000000500. The molecule has 4 heteroatoms. The van der Waals surface area contributed by atoms with Crippen LogP contribution in [0.1, 0.15) is 19.3 Å². The maximum Gasteiger partial charge on any atom is 0.0221 e. The first kappa shape index (κ1) is 11.5. The van der Waals surface area contributed by atoms with E-state index in [0.29, 0.717) is 0 Å². The number of rotatable bonds is 0. The lowest BCUT2D eigenvalue weighted by atomic mass is 10.1. The van der Waals surface area contributed by atoms with Crippen LogP contribution in [0.15, 0.2) is 0 Å². The lowest BCUT2D eigenvalue weighted by Gasteiger charge is -2.27. The molecular weight excluding hydrogens is 183 g/mol. The van der Waals surface area contributed by atoms with E-state index in [9.17, 15) is 0 Å². The summed E-state index contributed by atoms with van der Waals surface area (Å²) >= 11 is 0. The average molecular weight is 199 g/mol. The fourth-order valence-electron chi connectivity index (χ4n) is 1.96. The van der Waals surface area contributed by atoms with E-state index in [1.165, 1.54) is 32.4 Å². The van der Waals surface area contributed by atoms with Gasteiger partial charge in [0.1, 0.15) is 0 Å². The van der Waals surface area contributed by atoms with Gasteiger partial charge in [0.2, 0.25) is 0 Å². The summed E-state index contributed by atoms with van der Waals surface area (Å²) in [5, 5.41) is 7.04. The van der Waals surface area contributed by atoms with Crippen LogP contribution in [-0.2, 0) is 0 Å². The van der Waals surface area contributed by atoms with E-state index in [2.05, 4.69) is 10.6 Å². The van der Waals surface area contributed by atoms with E-state index in [-0.39, 0.29) is 24.8 Å². The molecule has 2 rings (SSSR count). The lowest BCUT2D eigenvalue weighted by Crippen LogP contribution is -2.52. The average Bonchev–Trinajstić information content (AvgIpc) is 2.33. The van der Waals surface area contributed by atoms with E-state index in [4.69, 9.17) is 0 Å². The number of halogens is 2. The molecule has 1 heterocycles. The van der Waals surface area contributed by atoms with Crippen molar-refractivity contribution in [3.63, 3.8) is 0 Å². The molecule has 0 aromatic rings. The molecule has 68 valence electrons. The van der Waals surface area contributed by atoms with Gasteiger partial charge in [-0.25, -0.2) is 0 Å². The third-order valence-electron chi connectivity index (χ3n) is 2.45. The Morgan fingerprint density at radius 2 is 1.27 bits per heavy atom. The Morgan fingerprint density at radius 3 is 1.73 bits per heavy atom. The van der Waals surface area contributed by atoms with Gasteiger partial charge in [0.25, 0.3) is 0 Å². The van der Waals surface area contributed by atoms with Gasteiger partial charge < -0.3 is 10.6 Å². The van der Waals surface area contributed by atoms with Crippen molar-refractivity contribution in [2.45, 2.75) is 31.3 Å². The van der Waals surface area contributed by atoms with Gasteiger partial charge in [-0.1, -0.05) is 6.42 Å². The molecular formula is C7H16Cl2N2. The highest BCUT2D eigenvalue weighted by atomic mass is 35.5. The van der Waals surface area contributed by atoms with E-state index < -0.39 is 0 Å². The highest BCUT2D eigenvalue weighted by Crippen LogP contribution is 2.19. The molecule has 2 nitrogen and oxygen atoms in total. The maximum absolute atomic E-state index is 3.52. The molecule has 2 fully saturated rings. The number of hydrogen-bond donors (Lipinski definition) is 2. The number of piperazine rings is 1. The van der Waals surface area contributed by atoms with Crippen LogP contribution in [0, 0.1) is 0 Å². The van der Waals surface area contributed by atoms with Crippen LogP contribution in [0.4, 0.5) is 0 Å². The molecule has 0 amide bonds. The lowest BCUT2D eigenvalue weighted by molar-refractivity contribution is 0.358. The topological polar surface area (TPSA) is 24.1 Å². The van der Waals surface area contributed by atoms with Gasteiger partial charge in [-0.15, -0.1) is 24.8 Å². The third kappa shape index (κ3) is 2.48. The summed E-state index contributed by atoms with van der Waals surface area (Å²) in [6.45, 7) is 2.34. The summed E-state index contributed by atoms with van der Waals surface area (Å²) in [6.07, 6.45) is 4.19. The van der Waals surface area contributed by atoms with Crippen molar-refractivity contribution in [1.82, 2.24) is 10.6 Å². The predicted octanol–water partition coefficient (Wildman–Crippen LogP) is 0.944. The van der Waals surface area contributed by atoms with Crippen LogP contribution in [-0.4, -0.2) is 25.2 Å². The monoisotopic (exact) mass is 198 g/mol. The van der Waals surface area contributed by atoms with Gasteiger partial charge in [0, 0.05) is 25.2 Å². The molecule has 1 aliphatic heterocycles. The summed E-state index contributed by atoms with van der Waals surface area (Å²) in [7, 11) is 0. The third-order valence-corrected chi connectivity index (χ3v) is 2.45. The van der Waals surface area contributed by atoms with Crippen molar-refractivity contribution in [2.75, 3.05) is 13.1 Å². The van der Waals surface area contributed by atoms with Gasteiger partial charge in [0.15, 0.2) is 0 Å². The molecule has 2 N–H and O–H groups in total. The van der Waals surface area contributed by atoms with Gasteiger partial charge in [-0.3, -0.25) is 0 Å². The van der Waals surface area contributed by atoms with Crippen molar-refractivity contribution < 1.29 is 0 Å². The first-order chi connectivity index (χ1) is 4.47. The molecule has 2 atom stereocenters. The Kier molecular flexibility index (Phi) is 5.44. The predicted molar refractivity (Wildman–Crippen MR) is 51.9 cm³/mol. The molecule has 0 radical (unpaired) electrons. The maximum atomic E-state index is 3.52.